The van der Waals surface area contributed by atoms with Crippen molar-refractivity contribution in [3.8, 4) is 16.9 Å². The third-order valence-electron chi connectivity index (χ3n) is 6.93. The molecule has 1 heterocycles. The van der Waals surface area contributed by atoms with E-state index in [2.05, 4.69) is 22.0 Å². The van der Waals surface area contributed by atoms with Crippen molar-refractivity contribution in [2.75, 3.05) is 44.6 Å². The minimum atomic E-state index is -0.688. The van der Waals surface area contributed by atoms with Crippen molar-refractivity contribution in [1.29, 1.82) is 0 Å². The molecule has 2 N–H and O–H groups in total. The van der Waals surface area contributed by atoms with E-state index in [1.165, 1.54) is 0 Å². The Kier molecular flexibility index (Phi) is 9.04. The molecule has 7 nitrogen and oxygen atoms in total. The molecule has 1 saturated heterocycles. The van der Waals surface area contributed by atoms with Crippen LogP contribution in [0.25, 0.3) is 11.1 Å². The predicted molar refractivity (Wildman–Crippen MR) is 155 cm³/mol. The van der Waals surface area contributed by atoms with Gasteiger partial charge in [-0.2, -0.15) is 0 Å². The van der Waals surface area contributed by atoms with Gasteiger partial charge < -0.3 is 25.0 Å². The monoisotopic (exact) mass is 529 g/mol. The number of esters is 1. The van der Waals surface area contributed by atoms with E-state index >= 15 is 0 Å². The van der Waals surface area contributed by atoms with Crippen molar-refractivity contribution in [3.63, 3.8) is 0 Å². The van der Waals surface area contributed by atoms with Crippen LogP contribution in [0.2, 0.25) is 0 Å². The highest BCUT2D eigenvalue weighted by Crippen LogP contribution is 2.29. The Morgan fingerprint density at radius 3 is 2.23 bits per heavy atom. The molecule has 1 fully saturated rings. The van der Waals surface area contributed by atoms with Crippen molar-refractivity contribution >= 4 is 17.6 Å². The van der Waals surface area contributed by atoms with Gasteiger partial charge in [-0.3, -0.25) is 4.79 Å². The molecule has 0 spiro atoms. The lowest BCUT2D eigenvalue weighted by molar-refractivity contribution is 0.00707. The van der Waals surface area contributed by atoms with Crippen LogP contribution in [0, 0.1) is 0 Å². The summed E-state index contributed by atoms with van der Waals surface area (Å²) in [4.78, 5) is 31.3. The summed E-state index contributed by atoms with van der Waals surface area (Å²) in [6, 6.07) is 20.2. The number of amides is 1. The first-order valence-electron chi connectivity index (χ1n) is 13.6. The number of nitrogens with one attached hydrogen (secondary N) is 1. The highest BCUT2D eigenvalue weighted by atomic mass is 16.6. The van der Waals surface area contributed by atoms with Crippen LogP contribution in [-0.4, -0.2) is 71.7 Å². The Bertz CT molecular complexity index is 1290. The highest BCUT2D eigenvalue weighted by Gasteiger charge is 2.23. The number of phenolic OH excluding ortho intramolecular Hbond substituents is 1. The first kappa shape index (κ1) is 28.3. The number of rotatable bonds is 8. The Labute approximate surface area is 231 Å². The number of hydrogen-bond donors (Lipinski definition) is 2. The molecule has 0 aliphatic carbocycles. The van der Waals surface area contributed by atoms with Gasteiger partial charge in [-0.15, -0.1) is 0 Å². The average molecular weight is 530 g/mol. The van der Waals surface area contributed by atoms with Crippen LogP contribution in [0.4, 0.5) is 5.69 Å². The van der Waals surface area contributed by atoms with Crippen molar-refractivity contribution in [2.45, 2.75) is 39.7 Å². The molecule has 0 saturated carbocycles. The van der Waals surface area contributed by atoms with Gasteiger partial charge in [0.15, 0.2) is 0 Å². The zero-order valence-corrected chi connectivity index (χ0v) is 23.4. The number of hydrogen-bond acceptors (Lipinski definition) is 6. The van der Waals surface area contributed by atoms with E-state index in [0.29, 0.717) is 5.69 Å². The van der Waals surface area contributed by atoms with Gasteiger partial charge in [0.2, 0.25) is 0 Å². The summed E-state index contributed by atoms with van der Waals surface area (Å²) in [7, 11) is 0. The van der Waals surface area contributed by atoms with Gasteiger partial charge in [0, 0.05) is 32.7 Å². The van der Waals surface area contributed by atoms with Gasteiger partial charge >= 0.3 is 5.97 Å². The molecule has 3 aromatic rings. The van der Waals surface area contributed by atoms with Crippen LogP contribution < -0.4 is 5.32 Å². The molecule has 1 aliphatic heterocycles. The van der Waals surface area contributed by atoms with Crippen molar-refractivity contribution in [2.24, 2.45) is 0 Å². The third kappa shape index (κ3) is 7.68. The summed E-state index contributed by atoms with van der Waals surface area (Å²) >= 11 is 0. The molecule has 1 aliphatic rings. The second-order valence-corrected chi connectivity index (χ2v) is 11.0. The normalized spacial score (nSPS) is 14.7. The summed E-state index contributed by atoms with van der Waals surface area (Å²) in [6.45, 7) is 13.8. The molecule has 206 valence electrons. The van der Waals surface area contributed by atoms with Crippen LogP contribution in [-0.2, 0) is 11.2 Å². The summed E-state index contributed by atoms with van der Waals surface area (Å²) in [5.41, 5.74) is 2.83. The van der Waals surface area contributed by atoms with E-state index in [-0.39, 0.29) is 16.9 Å². The Morgan fingerprint density at radius 1 is 0.872 bits per heavy atom. The SMILES string of the molecule is CCN1CCN(CCc2ccc(O)c(C(=O)Nc3cc(-c4ccccc4)ccc3C(=O)OC(C)(C)C)c2)CC1. The molecule has 0 atom stereocenters. The van der Waals surface area contributed by atoms with Gasteiger partial charge in [0.05, 0.1) is 16.8 Å². The molecule has 39 heavy (non-hydrogen) atoms. The number of anilines is 1. The number of ether oxygens (including phenoxy) is 1. The number of likely N-dealkylation sites (N-methyl/N-ethyl adjacent to an activating group) is 1. The molecule has 3 aromatic carbocycles. The molecule has 0 radical (unpaired) electrons. The van der Waals surface area contributed by atoms with Crippen LogP contribution in [0.1, 0.15) is 54.0 Å². The molecule has 4 rings (SSSR count). The number of carbonyl (C=O) groups is 2. The van der Waals surface area contributed by atoms with Gasteiger partial charge in [-0.1, -0.05) is 49.4 Å². The van der Waals surface area contributed by atoms with Gasteiger partial charge in [-0.25, -0.2) is 4.79 Å². The zero-order chi connectivity index (χ0) is 28.0. The maximum atomic E-state index is 13.4. The average Bonchev–Trinajstić information content (AvgIpc) is 2.92. The lowest BCUT2D eigenvalue weighted by atomic mass is 10.0. The lowest BCUT2D eigenvalue weighted by Gasteiger charge is -2.34. The first-order chi connectivity index (χ1) is 18.6. The van der Waals surface area contributed by atoms with E-state index in [1.807, 2.05) is 42.5 Å². The number of piperazine rings is 1. The molecule has 1 amide bonds. The third-order valence-corrected chi connectivity index (χ3v) is 6.93. The number of aromatic hydroxyl groups is 1. The van der Waals surface area contributed by atoms with E-state index in [9.17, 15) is 14.7 Å². The summed E-state index contributed by atoms with van der Waals surface area (Å²) < 4.78 is 5.60. The van der Waals surface area contributed by atoms with Crippen LogP contribution in [0.15, 0.2) is 66.7 Å². The van der Waals surface area contributed by atoms with Gasteiger partial charge in [0.1, 0.15) is 11.4 Å². The largest absolute Gasteiger partial charge is 0.507 e. The fourth-order valence-electron chi connectivity index (χ4n) is 4.70. The quantitative estimate of drug-likeness (QED) is 0.378. The molecule has 0 bridgehead atoms. The van der Waals surface area contributed by atoms with Crippen LogP contribution in [0.5, 0.6) is 5.75 Å². The zero-order valence-electron chi connectivity index (χ0n) is 23.4. The Hall–Kier alpha value is -3.68. The predicted octanol–water partition coefficient (Wildman–Crippen LogP) is 5.45. The smallest absolute Gasteiger partial charge is 0.340 e. The molecule has 7 heteroatoms. The molecular weight excluding hydrogens is 490 g/mol. The summed E-state index contributed by atoms with van der Waals surface area (Å²) in [5.74, 6) is -1.12. The summed E-state index contributed by atoms with van der Waals surface area (Å²) in [5, 5.41) is 13.4. The minimum absolute atomic E-state index is 0.106. The van der Waals surface area contributed by atoms with Crippen LogP contribution in [0.3, 0.4) is 0 Å². The first-order valence-corrected chi connectivity index (χ1v) is 13.6. The van der Waals surface area contributed by atoms with Crippen molar-refractivity contribution in [1.82, 2.24) is 9.80 Å². The minimum Gasteiger partial charge on any atom is -0.507 e. The van der Waals surface area contributed by atoms with Gasteiger partial charge in [0.25, 0.3) is 5.91 Å². The molecule has 0 aromatic heterocycles. The second-order valence-electron chi connectivity index (χ2n) is 11.0. The van der Waals surface area contributed by atoms with Crippen molar-refractivity contribution < 1.29 is 19.4 Å². The van der Waals surface area contributed by atoms with Gasteiger partial charge in [-0.05, 0) is 74.7 Å². The van der Waals surface area contributed by atoms with E-state index in [4.69, 9.17) is 4.74 Å². The fourth-order valence-corrected chi connectivity index (χ4v) is 4.70. The lowest BCUT2D eigenvalue weighted by Crippen LogP contribution is -2.46. The van der Waals surface area contributed by atoms with E-state index in [0.717, 1.165) is 62.4 Å². The Morgan fingerprint density at radius 2 is 1.56 bits per heavy atom. The summed E-state index contributed by atoms with van der Waals surface area (Å²) in [6.07, 6.45) is 0.777. The number of carbonyl (C=O) groups excluding carboxylic acids is 2. The highest BCUT2D eigenvalue weighted by molar-refractivity contribution is 6.10. The number of phenols is 1. The topological polar surface area (TPSA) is 82.1 Å². The van der Waals surface area contributed by atoms with Crippen molar-refractivity contribution in [3.05, 3.63) is 83.4 Å². The molecule has 0 unspecified atom stereocenters. The van der Waals surface area contributed by atoms with E-state index in [1.54, 1.807) is 45.0 Å². The Balaban J connectivity index is 1.55. The number of benzene rings is 3. The second kappa shape index (κ2) is 12.5. The fraction of sp³-hybridized carbons (Fsp3) is 0.375. The maximum absolute atomic E-state index is 13.4. The van der Waals surface area contributed by atoms with E-state index < -0.39 is 17.5 Å². The maximum Gasteiger partial charge on any atom is 0.340 e. The van der Waals surface area contributed by atoms with Crippen LogP contribution >= 0.6 is 0 Å². The number of nitrogens with zero attached hydrogens (tertiary/aromatic N) is 2. The standard InChI is InChI=1S/C32H39N3O4/c1-5-34-17-19-35(20-18-34)16-15-23-11-14-29(36)27(21-23)30(37)33-28-22-25(24-9-7-6-8-10-24)12-13-26(28)31(38)39-32(2,3)4/h6-14,21-22,36H,5,15-20H2,1-4H3,(H,33,37). The molecular formula is C32H39N3O4.